The van der Waals surface area contributed by atoms with E-state index in [2.05, 4.69) is 47.2 Å². The largest absolute Gasteiger partial charge is 0.491 e. The van der Waals surface area contributed by atoms with Crippen LogP contribution in [0.2, 0.25) is 0 Å². The average molecular weight is 314 g/mol. The fraction of sp³-hybridized carbons (Fsp3) is 0.600. The number of hydrogen-bond donors (Lipinski definition) is 1. The molecule has 102 valence electrons. The third-order valence-corrected chi connectivity index (χ3v) is 3.45. The summed E-state index contributed by atoms with van der Waals surface area (Å²) in [5, 5.41) is 3.41. The Morgan fingerprint density at radius 2 is 2.00 bits per heavy atom. The van der Waals surface area contributed by atoms with Gasteiger partial charge in [0.05, 0.1) is 4.47 Å². The molecular weight excluding hydrogens is 290 g/mol. The second kappa shape index (κ2) is 9.40. The maximum Gasteiger partial charge on any atom is 0.133 e. The summed E-state index contributed by atoms with van der Waals surface area (Å²) in [5.74, 6) is 0.924. The Morgan fingerprint density at radius 3 is 2.72 bits per heavy atom. The van der Waals surface area contributed by atoms with Crippen molar-refractivity contribution in [2.75, 3.05) is 19.7 Å². The number of ether oxygens (including phenoxy) is 1. The summed E-state index contributed by atoms with van der Waals surface area (Å²) in [6.07, 6.45) is 5.23. The van der Waals surface area contributed by atoms with Gasteiger partial charge in [-0.25, -0.2) is 0 Å². The van der Waals surface area contributed by atoms with E-state index >= 15 is 0 Å². The Morgan fingerprint density at radius 1 is 1.17 bits per heavy atom. The first-order valence-corrected chi connectivity index (χ1v) is 7.63. The van der Waals surface area contributed by atoms with Crippen LogP contribution >= 0.6 is 15.9 Å². The van der Waals surface area contributed by atoms with Gasteiger partial charge < -0.3 is 10.1 Å². The minimum absolute atomic E-state index is 0.718. The van der Waals surface area contributed by atoms with Gasteiger partial charge in [-0.2, -0.15) is 0 Å². The van der Waals surface area contributed by atoms with Gasteiger partial charge in [-0.05, 0) is 53.5 Å². The zero-order valence-electron chi connectivity index (χ0n) is 11.5. The summed E-state index contributed by atoms with van der Waals surface area (Å²) < 4.78 is 6.74. The van der Waals surface area contributed by atoms with Crippen LogP contribution in [0.25, 0.3) is 0 Å². The zero-order chi connectivity index (χ0) is 13.2. The lowest BCUT2D eigenvalue weighted by Gasteiger charge is -2.09. The molecule has 0 fully saturated rings. The van der Waals surface area contributed by atoms with E-state index in [0.717, 1.165) is 29.9 Å². The second-order valence-electron chi connectivity index (χ2n) is 4.59. The van der Waals surface area contributed by atoms with E-state index in [4.69, 9.17) is 4.74 Å². The van der Waals surface area contributed by atoms with Crippen molar-refractivity contribution < 1.29 is 4.74 Å². The molecule has 0 spiro atoms. The molecule has 0 aromatic heterocycles. The Hall–Kier alpha value is -0.540. The number of unbranched alkanes of at least 4 members (excludes halogenated alkanes) is 3. The van der Waals surface area contributed by atoms with Gasteiger partial charge in [0.2, 0.25) is 0 Å². The van der Waals surface area contributed by atoms with Gasteiger partial charge >= 0.3 is 0 Å². The summed E-state index contributed by atoms with van der Waals surface area (Å²) in [6.45, 7) is 7.04. The van der Waals surface area contributed by atoms with E-state index < -0.39 is 0 Å². The van der Waals surface area contributed by atoms with E-state index in [-0.39, 0.29) is 0 Å². The third-order valence-electron chi connectivity index (χ3n) is 2.83. The zero-order valence-corrected chi connectivity index (χ0v) is 13.1. The molecule has 0 heterocycles. The molecule has 0 aliphatic carbocycles. The van der Waals surface area contributed by atoms with E-state index in [1.165, 1.54) is 31.2 Å². The van der Waals surface area contributed by atoms with E-state index in [1.54, 1.807) is 0 Å². The monoisotopic (exact) mass is 313 g/mol. The molecule has 0 atom stereocenters. The number of halogens is 1. The molecule has 1 N–H and O–H groups in total. The Labute approximate surface area is 119 Å². The van der Waals surface area contributed by atoms with Gasteiger partial charge in [-0.3, -0.25) is 0 Å². The number of nitrogens with one attached hydrogen (secondary N) is 1. The van der Waals surface area contributed by atoms with Crippen LogP contribution < -0.4 is 10.1 Å². The van der Waals surface area contributed by atoms with Gasteiger partial charge in [-0.1, -0.05) is 32.3 Å². The lowest BCUT2D eigenvalue weighted by Crippen LogP contribution is -2.22. The molecule has 1 aromatic carbocycles. The van der Waals surface area contributed by atoms with Crippen LogP contribution in [-0.2, 0) is 0 Å². The summed E-state index contributed by atoms with van der Waals surface area (Å²) in [4.78, 5) is 0. The van der Waals surface area contributed by atoms with Gasteiger partial charge in [0.25, 0.3) is 0 Å². The smallest absolute Gasteiger partial charge is 0.133 e. The van der Waals surface area contributed by atoms with Crippen LogP contribution in [0.3, 0.4) is 0 Å². The highest BCUT2D eigenvalue weighted by molar-refractivity contribution is 9.10. The predicted octanol–water partition coefficient (Wildman–Crippen LogP) is 4.31. The summed E-state index contributed by atoms with van der Waals surface area (Å²) in [5.41, 5.74) is 1.24. The topological polar surface area (TPSA) is 21.3 Å². The number of hydrogen-bond acceptors (Lipinski definition) is 2. The van der Waals surface area contributed by atoms with Crippen molar-refractivity contribution >= 4 is 15.9 Å². The molecule has 0 unspecified atom stereocenters. The molecule has 0 amide bonds. The highest BCUT2D eigenvalue weighted by Gasteiger charge is 2.00. The SMILES string of the molecule is CCCCCCNCCOc1ccc(C)cc1Br. The molecule has 1 aromatic rings. The number of benzene rings is 1. The van der Waals surface area contributed by atoms with Crippen molar-refractivity contribution in [1.82, 2.24) is 5.32 Å². The van der Waals surface area contributed by atoms with Crippen molar-refractivity contribution in [1.29, 1.82) is 0 Å². The quantitative estimate of drug-likeness (QED) is 0.686. The molecule has 0 saturated heterocycles. The van der Waals surface area contributed by atoms with Crippen molar-refractivity contribution in [3.05, 3.63) is 28.2 Å². The van der Waals surface area contributed by atoms with E-state index in [9.17, 15) is 0 Å². The molecule has 0 saturated carbocycles. The first-order valence-electron chi connectivity index (χ1n) is 6.83. The fourth-order valence-corrected chi connectivity index (χ4v) is 2.37. The standard InChI is InChI=1S/C15H24BrNO/c1-3-4-5-6-9-17-10-11-18-15-8-7-13(2)12-14(15)16/h7-8,12,17H,3-6,9-11H2,1-2H3. The molecule has 0 aliphatic rings. The van der Waals surface area contributed by atoms with Crippen LogP contribution in [0.1, 0.15) is 38.2 Å². The molecule has 3 heteroatoms. The normalized spacial score (nSPS) is 10.6. The molecule has 0 aliphatic heterocycles. The summed E-state index contributed by atoms with van der Waals surface area (Å²) in [6, 6.07) is 6.16. The Bertz CT molecular complexity index is 341. The van der Waals surface area contributed by atoms with Crippen LogP contribution in [0.15, 0.2) is 22.7 Å². The lowest BCUT2D eigenvalue weighted by atomic mass is 10.2. The van der Waals surface area contributed by atoms with Gasteiger partial charge in [-0.15, -0.1) is 0 Å². The summed E-state index contributed by atoms with van der Waals surface area (Å²) >= 11 is 3.51. The first kappa shape index (κ1) is 15.5. The Balaban J connectivity index is 2.07. The van der Waals surface area contributed by atoms with Crippen molar-refractivity contribution in [2.45, 2.75) is 39.5 Å². The summed E-state index contributed by atoms with van der Waals surface area (Å²) in [7, 11) is 0. The van der Waals surface area contributed by atoms with Crippen LogP contribution in [-0.4, -0.2) is 19.7 Å². The van der Waals surface area contributed by atoms with E-state index in [1.807, 2.05) is 6.07 Å². The van der Waals surface area contributed by atoms with Gasteiger partial charge in [0, 0.05) is 6.54 Å². The van der Waals surface area contributed by atoms with Gasteiger partial charge in [0.15, 0.2) is 0 Å². The first-order chi connectivity index (χ1) is 8.74. The maximum absolute atomic E-state index is 5.71. The van der Waals surface area contributed by atoms with Crippen LogP contribution in [0.4, 0.5) is 0 Å². The van der Waals surface area contributed by atoms with Crippen LogP contribution in [0, 0.1) is 6.92 Å². The second-order valence-corrected chi connectivity index (χ2v) is 5.45. The highest BCUT2D eigenvalue weighted by Crippen LogP contribution is 2.25. The molecule has 0 bridgehead atoms. The average Bonchev–Trinajstić information content (AvgIpc) is 2.35. The lowest BCUT2D eigenvalue weighted by molar-refractivity contribution is 0.311. The predicted molar refractivity (Wildman–Crippen MR) is 81.4 cm³/mol. The van der Waals surface area contributed by atoms with Crippen molar-refractivity contribution in [2.24, 2.45) is 0 Å². The molecule has 1 rings (SSSR count). The maximum atomic E-state index is 5.71. The van der Waals surface area contributed by atoms with Crippen molar-refractivity contribution in [3.63, 3.8) is 0 Å². The van der Waals surface area contributed by atoms with Crippen LogP contribution in [0.5, 0.6) is 5.75 Å². The molecular formula is C15H24BrNO. The minimum Gasteiger partial charge on any atom is -0.491 e. The fourth-order valence-electron chi connectivity index (χ4n) is 1.76. The minimum atomic E-state index is 0.718. The molecule has 18 heavy (non-hydrogen) atoms. The highest BCUT2D eigenvalue weighted by atomic mass is 79.9. The molecule has 2 nitrogen and oxygen atoms in total. The number of rotatable bonds is 9. The van der Waals surface area contributed by atoms with E-state index in [0.29, 0.717) is 0 Å². The Kier molecular flexibility index (Phi) is 8.10. The number of aryl methyl sites for hydroxylation is 1. The van der Waals surface area contributed by atoms with Gasteiger partial charge in [0.1, 0.15) is 12.4 Å². The third kappa shape index (κ3) is 6.41. The van der Waals surface area contributed by atoms with Crippen molar-refractivity contribution in [3.8, 4) is 5.75 Å². The molecule has 0 radical (unpaired) electrons.